The van der Waals surface area contributed by atoms with Gasteiger partial charge in [-0.15, -0.1) is 0 Å². The molecule has 0 unspecified atom stereocenters. The maximum Gasteiger partial charge on any atom is 0.407 e. The van der Waals surface area contributed by atoms with E-state index in [-0.39, 0.29) is 5.78 Å². The molecule has 102 heavy (non-hydrogen) atoms. The van der Waals surface area contributed by atoms with Gasteiger partial charge < -0.3 is 50.3 Å². The molecule has 0 aliphatic heterocycles. The molecule has 30 heteroatoms. The fourth-order valence-corrected chi connectivity index (χ4v) is 10.3. The van der Waals surface area contributed by atoms with Crippen molar-refractivity contribution in [3.8, 4) is 0 Å². The van der Waals surface area contributed by atoms with Gasteiger partial charge in [0.05, 0.1) is 30.6 Å². The van der Waals surface area contributed by atoms with Gasteiger partial charge in [0.2, 0.25) is 5.95 Å². The number of ether oxygens (including phenoxy) is 1. The van der Waals surface area contributed by atoms with Crippen LogP contribution < -0.4 is 31.9 Å². The number of ketones is 1. The summed E-state index contributed by atoms with van der Waals surface area (Å²) in [6.07, 6.45) is 4.65. The summed E-state index contributed by atoms with van der Waals surface area (Å²) >= 11 is 0. The number of amides is 1. The molecule has 14 aromatic rings. The Bertz CT molecular complexity index is 5190. The molecule has 14 rings (SSSR count). The topological polar surface area (TPSA) is 308 Å². The van der Waals surface area contributed by atoms with Crippen LogP contribution in [0.4, 0.5) is 53.0 Å². The number of nitrogens with one attached hydrogen (secondary N) is 6. The van der Waals surface area contributed by atoms with Crippen LogP contribution in [0.5, 0.6) is 0 Å². The highest BCUT2D eigenvalue weighted by Crippen LogP contribution is 2.27. The lowest BCUT2D eigenvalue weighted by atomic mass is 10.0. The van der Waals surface area contributed by atoms with Crippen LogP contribution in [0.1, 0.15) is 82.7 Å². The van der Waals surface area contributed by atoms with Gasteiger partial charge in [0.25, 0.3) is 0 Å². The van der Waals surface area contributed by atoms with E-state index in [9.17, 15) is 22.8 Å². The lowest BCUT2D eigenvalue weighted by molar-refractivity contribution is 0.0523. The number of aryl methyl sites for hydroxylation is 7. The van der Waals surface area contributed by atoms with Crippen molar-refractivity contribution in [1.29, 1.82) is 0 Å². The molecule has 9 aromatic heterocycles. The number of hydrogen-bond donors (Lipinski definition) is 6. The Morgan fingerprint density at radius 3 is 1.42 bits per heavy atom. The third-order valence-corrected chi connectivity index (χ3v) is 15.7. The summed E-state index contributed by atoms with van der Waals surface area (Å²) in [7, 11) is 9.04. The Morgan fingerprint density at radius 2 is 0.922 bits per heavy atom. The summed E-state index contributed by atoms with van der Waals surface area (Å²) < 4.78 is 54.5. The average molecular weight is 1380 g/mol. The van der Waals surface area contributed by atoms with Crippen LogP contribution in [-0.2, 0) is 79.1 Å². The fourth-order valence-electron chi connectivity index (χ4n) is 10.3. The number of alkyl carbamates (subject to hydrolysis) is 1. The van der Waals surface area contributed by atoms with Gasteiger partial charge in [0.15, 0.2) is 68.2 Å². The van der Waals surface area contributed by atoms with Gasteiger partial charge >= 0.3 is 24.3 Å². The van der Waals surface area contributed by atoms with Gasteiger partial charge in [-0.05, 0) is 67.5 Å². The SMILES string of the molecule is CCc1cccc(CNc2nc(F)nc3c2ncn3C)c1.Cc1cc(Nc2nc(NCc3ccccc3)nc3c2cnn3C)nn1C.Cn1cnc2c(NCc3ccc(C(=O)c4ccccc4)cc3)nc(F)nc21.Cn1cnc2c(NCc3ccc(CNC(=O)OC(C)(C)C)cc3)nc(F)nc21. The van der Waals surface area contributed by atoms with E-state index in [0.29, 0.717) is 107 Å². The van der Waals surface area contributed by atoms with Crippen molar-refractivity contribution in [3.63, 3.8) is 0 Å². The second-order valence-corrected chi connectivity index (χ2v) is 24.6. The van der Waals surface area contributed by atoms with E-state index in [1.807, 2.05) is 137 Å². The molecule has 0 saturated carbocycles. The predicted octanol–water partition coefficient (Wildman–Crippen LogP) is 11.9. The number of fused-ring (bicyclic) bond motifs is 4. The van der Waals surface area contributed by atoms with Crippen molar-refractivity contribution < 1.29 is 27.5 Å². The summed E-state index contributed by atoms with van der Waals surface area (Å²) in [6, 6.07) is 44.5. The number of carbonyl (C=O) groups is 2. The summed E-state index contributed by atoms with van der Waals surface area (Å²) in [5.41, 5.74) is 11.9. The van der Waals surface area contributed by atoms with Crippen LogP contribution in [0, 0.1) is 25.2 Å². The number of aromatic nitrogens is 18. The number of hydrogen-bond acceptors (Lipinski definition) is 21. The summed E-state index contributed by atoms with van der Waals surface area (Å²) in [4.78, 5) is 68.7. The molecule has 6 N–H and O–H groups in total. The number of anilines is 6. The van der Waals surface area contributed by atoms with Gasteiger partial charge in [0, 0.05) is 90.8 Å². The van der Waals surface area contributed by atoms with Crippen LogP contribution in [0.25, 0.3) is 44.5 Å². The number of benzene rings is 5. The van der Waals surface area contributed by atoms with Gasteiger partial charge in [-0.3, -0.25) is 14.2 Å². The van der Waals surface area contributed by atoms with E-state index in [4.69, 9.17) is 4.74 Å². The number of nitrogens with zero attached hydrogens (tertiary/aromatic N) is 18. The lowest BCUT2D eigenvalue weighted by Gasteiger charge is -2.19. The molecule has 0 bridgehead atoms. The van der Waals surface area contributed by atoms with Gasteiger partial charge in [-0.25, -0.2) is 19.7 Å². The molecular formula is C72H75F3N24O3. The first-order valence-electron chi connectivity index (χ1n) is 32.4. The monoisotopic (exact) mass is 1380 g/mol. The minimum Gasteiger partial charge on any atom is -0.444 e. The first-order chi connectivity index (χ1) is 49.1. The average Bonchev–Trinajstić information content (AvgIpc) is 1.65. The van der Waals surface area contributed by atoms with Crippen molar-refractivity contribution in [2.45, 2.75) is 79.4 Å². The van der Waals surface area contributed by atoms with E-state index in [1.54, 1.807) is 89.0 Å². The summed E-state index contributed by atoms with van der Waals surface area (Å²) in [6.45, 7) is 12.0. The Balaban J connectivity index is 0.000000137. The first-order valence-corrected chi connectivity index (χ1v) is 32.4. The maximum atomic E-state index is 13.6. The van der Waals surface area contributed by atoms with E-state index >= 15 is 0 Å². The fraction of sp³-hybridized carbons (Fsp3) is 0.236. The molecular weight excluding hydrogens is 1310 g/mol. The highest BCUT2D eigenvalue weighted by Gasteiger charge is 2.19. The second-order valence-electron chi connectivity index (χ2n) is 24.6. The Morgan fingerprint density at radius 1 is 0.471 bits per heavy atom. The van der Waals surface area contributed by atoms with E-state index in [2.05, 4.69) is 128 Å². The molecule has 522 valence electrons. The minimum atomic E-state index is -0.808. The first kappa shape index (κ1) is 70.6. The van der Waals surface area contributed by atoms with Crippen molar-refractivity contribution in [2.75, 3.05) is 26.6 Å². The Hall–Kier alpha value is -12.8. The highest BCUT2D eigenvalue weighted by atomic mass is 19.1. The second kappa shape index (κ2) is 31.8. The van der Waals surface area contributed by atoms with Gasteiger partial charge in [0.1, 0.15) is 11.4 Å². The zero-order valence-electron chi connectivity index (χ0n) is 57.7. The number of halogens is 3. The Kier molecular flexibility index (Phi) is 22.0. The van der Waals surface area contributed by atoms with E-state index in [1.165, 1.54) is 5.56 Å². The predicted molar refractivity (Wildman–Crippen MR) is 384 cm³/mol. The molecule has 27 nitrogen and oxygen atoms in total. The quantitative estimate of drug-likeness (QED) is 0.0324. The molecule has 5 aromatic carbocycles. The summed E-state index contributed by atoms with van der Waals surface area (Å²) in [5, 5.41) is 28.2. The zero-order chi connectivity index (χ0) is 72.0. The van der Waals surface area contributed by atoms with Crippen LogP contribution in [0.3, 0.4) is 0 Å². The van der Waals surface area contributed by atoms with Gasteiger partial charge in [-0.2, -0.15) is 63.2 Å². The minimum absolute atomic E-state index is 0.0248. The molecule has 1 amide bonds. The van der Waals surface area contributed by atoms with Gasteiger partial charge in [-0.1, -0.05) is 140 Å². The van der Waals surface area contributed by atoms with Crippen LogP contribution in [0.2, 0.25) is 0 Å². The largest absolute Gasteiger partial charge is 0.444 e. The lowest BCUT2D eigenvalue weighted by Crippen LogP contribution is -2.32. The number of imidazole rings is 3. The Labute approximate surface area is 584 Å². The standard InChI is InChI=1S/C20H16FN5O.C19H23FN6O2.C18H20N8.C15H16FN5/c1-26-12-23-16-18(24-20(21)25-19(16)26)22-11-13-7-9-15(10-8-13)17(27)14-5-3-2-4-6-14;1-19(2,3)28-18(27)22-10-13-7-5-12(6-8-13)9-21-15-14-16(25-17(20)24-15)26(4)11-23-14;1-12-9-15(24-25(12)2)21-16-14-11-20-26(3)17(14)23-18(22-16)19-10-13-7-5-4-6-8-13;1-3-10-5-4-6-11(7-10)8-17-13-12-14(20-15(16)19-13)21(2)9-18-12/h2-10,12H,11H2,1H3,(H,22,24,25);5-8,11H,9-10H2,1-4H3,(H,22,27)(H,21,24,25);4-9,11H,10H2,1-3H3,(H2,19,21,22,23,24);4-7,9H,3,8H2,1-2H3,(H,17,19,20). The normalized spacial score (nSPS) is 11.1. The number of rotatable bonds is 19. The van der Waals surface area contributed by atoms with Crippen molar-refractivity contribution >= 4 is 91.4 Å². The zero-order valence-corrected chi connectivity index (χ0v) is 57.7. The molecule has 0 aliphatic rings. The van der Waals surface area contributed by atoms with Crippen molar-refractivity contribution in [2.24, 2.45) is 35.2 Å². The van der Waals surface area contributed by atoms with Crippen LogP contribution in [-0.4, -0.2) is 106 Å². The molecule has 0 saturated heterocycles. The van der Waals surface area contributed by atoms with Crippen LogP contribution >= 0.6 is 0 Å². The molecule has 9 heterocycles. The number of carbonyl (C=O) groups excluding carboxylic acids is 2. The molecule has 0 fully saturated rings. The maximum absolute atomic E-state index is 13.6. The molecule has 0 aliphatic carbocycles. The highest BCUT2D eigenvalue weighted by molar-refractivity contribution is 6.09. The third-order valence-electron chi connectivity index (χ3n) is 15.7. The van der Waals surface area contributed by atoms with Crippen molar-refractivity contribution in [3.05, 3.63) is 233 Å². The van der Waals surface area contributed by atoms with E-state index < -0.39 is 29.9 Å². The van der Waals surface area contributed by atoms with E-state index in [0.717, 1.165) is 56.8 Å². The summed E-state index contributed by atoms with van der Waals surface area (Å²) in [5.74, 6) is 3.03. The van der Waals surface area contributed by atoms with Crippen LogP contribution in [0.15, 0.2) is 165 Å². The molecule has 0 atom stereocenters. The molecule has 0 spiro atoms. The van der Waals surface area contributed by atoms with Crippen molar-refractivity contribution in [1.82, 2.24) is 93.4 Å². The smallest absolute Gasteiger partial charge is 0.407 e. The third kappa shape index (κ3) is 18.1. The molecule has 0 radical (unpaired) electrons.